The average Bonchev–Trinajstić information content (AvgIpc) is 3.07. The number of amides is 1. The van der Waals surface area contributed by atoms with E-state index in [1.807, 2.05) is 13.8 Å². The van der Waals surface area contributed by atoms with Gasteiger partial charge in [-0.1, -0.05) is 45.1 Å². The van der Waals surface area contributed by atoms with Crippen molar-refractivity contribution in [3.05, 3.63) is 37.2 Å². The van der Waals surface area contributed by atoms with Crippen LogP contribution in [0.1, 0.15) is 46.0 Å². The van der Waals surface area contributed by atoms with Gasteiger partial charge in [0.05, 0.1) is 5.92 Å². The number of nitrogens with zero attached hydrogens (tertiary/aromatic N) is 1. The van der Waals surface area contributed by atoms with E-state index < -0.39 is 12.1 Å². The zero-order chi connectivity index (χ0) is 18.5. The summed E-state index contributed by atoms with van der Waals surface area (Å²) in [6, 6.07) is 0. The van der Waals surface area contributed by atoms with Gasteiger partial charge in [-0.25, -0.2) is 4.39 Å². The number of nitrogens with one attached hydrogen (secondary N) is 1. The topological polar surface area (TPSA) is 58.4 Å². The number of carbonyl (C=O) groups is 1. The minimum absolute atomic E-state index is 0.0290. The van der Waals surface area contributed by atoms with Crippen molar-refractivity contribution in [2.75, 3.05) is 19.6 Å². The number of halogens is 1. The zero-order valence-corrected chi connectivity index (χ0v) is 15.3. The summed E-state index contributed by atoms with van der Waals surface area (Å²) >= 11 is 0. The van der Waals surface area contributed by atoms with E-state index in [-0.39, 0.29) is 11.6 Å². The van der Waals surface area contributed by atoms with Crippen molar-refractivity contribution in [3.63, 3.8) is 0 Å². The molecule has 0 spiro atoms. The van der Waals surface area contributed by atoms with E-state index >= 15 is 0 Å². The monoisotopic (exact) mass is 339 g/mol. The van der Waals surface area contributed by atoms with E-state index in [0.29, 0.717) is 6.42 Å². The Labute approximate surface area is 146 Å². The lowest BCUT2D eigenvalue weighted by molar-refractivity contribution is -0.136. The van der Waals surface area contributed by atoms with Crippen LogP contribution in [0.5, 0.6) is 0 Å². The Morgan fingerprint density at radius 2 is 1.96 bits per heavy atom. The molecule has 0 aromatic heterocycles. The van der Waals surface area contributed by atoms with Crippen LogP contribution < -0.4 is 11.1 Å². The summed E-state index contributed by atoms with van der Waals surface area (Å²) in [7, 11) is 0. The van der Waals surface area contributed by atoms with E-state index in [9.17, 15) is 9.18 Å². The van der Waals surface area contributed by atoms with Crippen molar-refractivity contribution >= 4 is 5.91 Å². The highest BCUT2D eigenvalue weighted by Gasteiger charge is 2.33. The van der Waals surface area contributed by atoms with Crippen LogP contribution in [-0.4, -0.2) is 36.6 Å². The maximum Gasteiger partial charge on any atom is 0.229 e. The van der Waals surface area contributed by atoms with Crippen molar-refractivity contribution in [2.45, 2.75) is 52.1 Å². The van der Waals surface area contributed by atoms with Crippen LogP contribution in [0, 0.1) is 5.92 Å². The van der Waals surface area contributed by atoms with Crippen LogP contribution in [0.4, 0.5) is 4.39 Å². The van der Waals surface area contributed by atoms with Gasteiger partial charge in [-0.15, -0.1) is 0 Å². The number of hydrogen-bond acceptors (Lipinski definition) is 3. The normalized spacial score (nSPS) is 15.7. The standard InChI is InChI=1S/C13H23FN2O.C6H11N/c1-3-4-7-11(12(14)10(2)15)13(17)16-8-5-6-9-16;1-4-7-5-6(2)3/h11-12H,2-9,15H2,1H3;4,7H,1-2,5H2,3H3. The fourth-order valence-electron chi connectivity index (χ4n) is 2.50. The summed E-state index contributed by atoms with van der Waals surface area (Å²) in [4.78, 5) is 13.9. The summed E-state index contributed by atoms with van der Waals surface area (Å²) in [6.07, 6.45) is 4.65. The summed E-state index contributed by atoms with van der Waals surface area (Å²) in [5, 5.41) is 2.91. The zero-order valence-electron chi connectivity index (χ0n) is 15.3. The second-order valence-electron chi connectivity index (χ2n) is 6.30. The van der Waals surface area contributed by atoms with Crippen LogP contribution >= 0.6 is 0 Å². The lowest BCUT2D eigenvalue weighted by atomic mass is 9.94. The second-order valence-corrected chi connectivity index (χ2v) is 6.30. The SMILES string of the molecule is C=C(N)C(F)C(CCCC)C(=O)N1CCCC1.C=CNCC(=C)C. The molecular weight excluding hydrogens is 305 g/mol. The number of likely N-dealkylation sites (tertiary alicyclic amines) is 1. The molecule has 1 heterocycles. The van der Waals surface area contributed by atoms with Gasteiger partial charge in [0.1, 0.15) is 0 Å². The fourth-order valence-corrected chi connectivity index (χ4v) is 2.50. The van der Waals surface area contributed by atoms with Crippen molar-refractivity contribution < 1.29 is 9.18 Å². The Morgan fingerprint density at radius 1 is 1.38 bits per heavy atom. The third-order valence-corrected chi connectivity index (χ3v) is 3.86. The van der Waals surface area contributed by atoms with Gasteiger partial charge in [0.25, 0.3) is 0 Å². The Kier molecular flexibility index (Phi) is 11.7. The van der Waals surface area contributed by atoms with Gasteiger partial charge in [-0.2, -0.15) is 0 Å². The third kappa shape index (κ3) is 8.75. The molecule has 0 radical (unpaired) electrons. The molecule has 0 saturated carbocycles. The number of nitrogens with two attached hydrogens (primary N) is 1. The highest BCUT2D eigenvalue weighted by atomic mass is 19.1. The van der Waals surface area contributed by atoms with Gasteiger partial charge >= 0.3 is 0 Å². The molecule has 1 aliphatic heterocycles. The molecule has 1 rings (SSSR count). The molecule has 1 amide bonds. The molecule has 0 bridgehead atoms. The van der Waals surface area contributed by atoms with Gasteiger partial charge in [0.15, 0.2) is 6.17 Å². The van der Waals surface area contributed by atoms with Gasteiger partial charge < -0.3 is 16.0 Å². The molecule has 1 aliphatic rings. The average molecular weight is 339 g/mol. The minimum Gasteiger partial charge on any atom is -0.400 e. The number of unbranched alkanes of at least 4 members (excludes halogenated alkanes) is 1. The predicted octanol–water partition coefficient (Wildman–Crippen LogP) is 3.52. The van der Waals surface area contributed by atoms with Crippen molar-refractivity contribution in [2.24, 2.45) is 11.7 Å². The fraction of sp³-hybridized carbons (Fsp3) is 0.632. The second kappa shape index (κ2) is 12.6. The van der Waals surface area contributed by atoms with E-state index in [4.69, 9.17) is 5.73 Å². The third-order valence-electron chi connectivity index (χ3n) is 3.86. The van der Waals surface area contributed by atoms with Crippen molar-refractivity contribution in [1.82, 2.24) is 10.2 Å². The van der Waals surface area contributed by atoms with Crippen molar-refractivity contribution in [3.8, 4) is 0 Å². The summed E-state index contributed by atoms with van der Waals surface area (Å²) in [6.45, 7) is 16.9. The smallest absolute Gasteiger partial charge is 0.229 e. The van der Waals surface area contributed by atoms with Crippen LogP contribution in [0.15, 0.2) is 37.2 Å². The van der Waals surface area contributed by atoms with Crippen molar-refractivity contribution in [1.29, 1.82) is 0 Å². The van der Waals surface area contributed by atoms with E-state index in [2.05, 4.69) is 25.1 Å². The Hall–Kier alpha value is -1.78. The molecule has 0 aromatic rings. The van der Waals surface area contributed by atoms with E-state index in [1.165, 1.54) is 0 Å². The molecule has 2 unspecified atom stereocenters. The quantitative estimate of drug-likeness (QED) is 0.632. The maximum atomic E-state index is 13.9. The highest BCUT2D eigenvalue weighted by molar-refractivity contribution is 5.80. The van der Waals surface area contributed by atoms with Crippen LogP contribution in [0.3, 0.4) is 0 Å². The first-order valence-corrected chi connectivity index (χ1v) is 8.70. The Morgan fingerprint density at radius 3 is 2.33 bits per heavy atom. The van der Waals surface area contributed by atoms with Crippen LogP contribution in [-0.2, 0) is 4.79 Å². The Balaban J connectivity index is 0.000000640. The molecule has 2 atom stereocenters. The molecule has 1 saturated heterocycles. The summed E-state index contributed by atoms with van der Waals surface area (Å²) in [5.74, 6) is -0.722. The summed E-state index contributed by atoms with van der Waals surface area (Å²) in [5.41, 5.74) is 6.50. The Bertz CT molecular complexity index is 417. The van der Waals surface area contributed by atoms with E-state index in [1.54, 1.807) is 11.1 Å². The molecule has 0 aliphatic carbocycles. The molecular formula is C19H34FN3O. The number of allylic oxidation sites excluding steroid dienone is 1. The number of carbonyl (C=O) groups excluding carboxylic acids is 1. The number of hydrogen-bond donors (Lipinski definition) is 2. The van der Waals surface area contributed by atoms with Gasteiger partial charge in [0.2, 0.25) is 5.91 Å². The number of rotatable bonds is 9. The highest BCUT2D eigenvalue weighted by Crippen LogP contribution is 2.23. The minimum atomic E-state index is -1.41. The first kappa shape index (κ1) is 22.2. The maximum absolute atomic E-state index is 13.9. The lowest BCUT2D eigenvalue weighted by Crippen LogP contribution is -2.39. The first-order chi connectivity index (χ1) is 11.3. The lowest BCUT2D eigenvalue weighted by Gasteiger charge is -2.25. The predicted molar refractivity (Wildman–Crippen MR) is 100 cm³/mol. The largest absolute Gasteiger partial charge is 0.400 e. The van der Waals surface area contributed by atoms with Gasteiger partial charge in [-0.3, -0.25) is 4.79 Å². The molecule has 4 nitrogen and oxygen atoms in total. The van der Waals surface area contributed by atoms with Gasteiger partial charge in [-0.05, 0) is 32.4 Å². The summed E-state index contributed by atoms with van der Waals surface area (Å²) < 4.78 is 13.9. The van der Waals surface area contributed by atoms with Crippen LogP contribution in [0.25, 0.3) is 0 Å². The first-order valence-electron chi connectivity index (χ1n) is 8.70. The van der Waals surface area contributed by atoms with Crippen LogP contribution in [0.2, 0.25) is 0 Å². The molecule has 5 heteroatoms. The molecule has 1 fully saturated rings. The molecule has 138 valence electrons. The van der Waals surface area contributed by atoms with Gasteiger partial charge in [0, 0.05) is 25.3 Å². The molecule has 0 aromatic carbocycles. The molecule has 3 N–H and O–H groups in total. The molecule has 24 heavy (non-hydrogen) atoms. The number of alkyl halides is 1. The van der Waals surface area contributed by atoms with E-state index in [0.717, 1.165) is 50.9 Å².